The Labute approximate surface area is 135 Å². The minimum absolute atomic E-state index is 0.145. The smallest absolute Gasteiger partial charge is 0.329 e. The Bertz CT molecular complexity index is 743. The van der Waals surface area contributed by atoms with Gasteiger partial charge in [-0.3, -0.25) is 4.79 Å². The number of nitrogens with zero attached hydrogens (tertiary/aromatic N) is 2. The molecule has 0 aliphatic carbocycles. The molecule has 23 heavy (non-hydrogen) atoms. The normalized spacial score (nSPS) is 21.2. The quantitative estimate of drug-likeness (QED) is 0.927. The van der Waals surface area contributed by atoms with Crippen LogP contribution in [0.5, 0.6) is 0 Å². The zero-order valence-corrected chi connectivity index (χ0v) is 13.4. The van der Waals surface area contributed by atoms with Crippen LogP contribution in [-0.4, -0.2) is 32.0 Å². The van der Waals surface area contributed by atoms with Gasteiger partial charge in [0, 0.05) is 11.7 Å². The standard InChI is InChI=1S/C18H20N2O3/c1-18(2,3)20-14(12-8-5-4-6-9-12)15(17(22)23)19-11-7-10-13(19)16(20)21/h4-11,14-15H,1-3H3,(H,22,23)/t14-,15-/m1/s1. The molecule has 1 amide bonds. The fraction of sp³-hybridized carbons (Fsp3) is 0.333. The minimum atomic E-state index is -0.946. The van der Waals surface area contributed by atoms with Crippen LogP contribution < -0.4 is 0 Å². The fourth-order valence-corrected chi connectivity index (χ4v) is 3.32. The fourth-order valence-electron chi connectivity index (χ4n) is 3.32. The summed E-state index contributed by atoms with van der Waals surface area (Å²) in [6.45, 7) is 5.79. The van der Waals surface area contributed by atoms with Crippen LogP contribution in [0.15, 0.2) is 48.7 Å². The van der Waals surface area contributed by atoms with Crippen LogP contribution in [0.4, 0.5) is 0 Å². The van der Waals surface area contributed by atoms with Gasteiger partial charge < -0.3 is 14.6 Å². The van der Waals surface area contributed by atoms with E-state index in [1.54, 1.807) is 27.8 Å². The highest BCUT2D eigenvalue weighted by Gasteiger charge is 2.47. The highest BCUT2D eigenvalue weighted by Crippen LogP contribution is 2.42. The molecule has 0 fully saturated rings. The van der Waals surface area contributed by atoms with Gasteiger partial charge in [-0.1, -0.05) is 30.3 Å². The van der Waals surface area contributed by atoms with Crippen LogP contribution in [0.1, 0.15) is 48.9 Å². The van der Waals surface area contributed by atoms with Gasteiger partial charge in [-0.15, -0.1) is 0 Å². The number of carboxylic acid groups (broad SMARTS) is 1. The van der Waals surface area contributed by atoms with Crippen molar-refractivity contribution >= 4 is 11.9 Å². The van der Waals surface area contributed by atoms with Gasteiger partial charge in [0.05, 0.1) is 6.04 Å². The first kappa shape index (κ1) is 15.3. The molecule has 0 saturated carbocycles. The van der Waals surface area contributed by atoms with Crippen LogP contribution in [0.25, 0.3) is 0 Å². The summed E-state index contributed by atoms with van der Waals surface area (Å²) < 4.78 is 1.57. The van der Waals surface area contributed by atoms with E-state index in [9.17, 15) is 14.7 Å². The Morgan fingerprint density at radius 3 is 2.30 bits per heavy atom. The van der Waals surface area contributed by atoms with Crippen LogP contribution in [0.3, 0.4) is 0 Å². The molecular formula is C18H20N2O3. The summed E-state index contributed by atoms with van der Waals surface area (Å²) in [6.07, 6.45) is 1.67. The van der Waals surface area contributed by atoms with E-state index in [0.717, 1.165) is 5.56 Å². The summed E-state index contributed by atoms with van der Waals surface area (Å²) in [4.78, 5) is 26.7. The van der Waals surface area contributed by atoms with Gasteiger partial charge in [0.1, 0.15) is 5.69 Å². The first-order valence-corrected chi connectivity index (χ1v) is 7.60. The van der Waals surface area contributed by atoms with Crippen molar-refractivity contribution in [2.75, 3.05) is 0 Å². The van der Waals surface area contributed by atoms with E-state index in [1.165, 1.54) is 0 Å². The van der Waals surface area contributed by atoms with Gasteiger partial charge in [-0.25, -0.2) is 4.79 Å². The molecule has 0 bridgehead atoms. The number of amides is 1. The summed E-state index contributed by atoms with van der Waals surface area (Å²) in [5, 5.41) is 9.85. The van der Waals surface area contributed by atoms with Crippen molar-refractivity contribution in [3.63, 3.8) is 0 Å². The lowest BCUT2D eigenvalue weighted by molar-refractivity contribution is -0.144. The number of aliphatic carboxylic acids is 1. The summed E-state index contributed by atoms with van der Waals surface area (Å²) in [6, 6.07) is 11.4. The maximum Gasteiger partial charge on any atom is 0.329 e. The SMILES string of the molecule is CC(C)(C)N1C(=O)c2cccn2[C@@H](C(=O)O)[C@H]1c1ccccc1. The molecule has 5 heteroatoms. The lowest BCUT2D eigenvalue weighted by atomic mass is 9.89. The molecule has 1 aromatic heterocycles. The molecule has 3 rings (SSSR count). The van der Waals surface area contributed by atoms with E-state index in [2.05, 4.69) is 0 Å². The van der Waals surface area contributed by atoms with Crippen molar-refractivity contribution in [1.29, 1.82) is 0 Å². The third kappa shape index (κ3) is 2.42. The Kier molecular flexibility index (Phi) is 3.51. The molecule has 0 unspecified atom stereocenters. The highest BCUT2D eigenvalue weighted by molar-refractivity contribution is 5.96. The van der Waals surface area contributed by atoms with Gasteiger partial charge in [0.25, 0.3) is 5.91 Å². The van der Waals surface area contributed by atoms with Gasteiger partial charge in [0.15, 0.2) is 6.04 Å². The highest BCUT2D eigenvalue weighted by atomic mass is 16.4. The molecule has 2 heterocycles. The van der Waals surface area contributed by atoms with E-state index >= 15 is 0 Å². The van der Waals surface area contributed by atoms with Gasteiger partial charge in [-0.2, -0.15) is 0 Å². The number of carbonyl (C=O) groups is 2. The second-order valence-corrected chi connectivity index (χ2v) is 6.79. The molecule has 1 aromatic carbocycles. The van der Waals surface area contributed by atoms with E-state index < -0.39 is 23.6 Å². The molecule has 0 spiro atoms. The Balaban J connectivity index is 2.26. The molecule has 0 saturated heterocycles. The monoisotopic (exact) mass is 312 g/mol. The minimum Gasteiger partial charge on any atom is -0.480 e. The Hall–Kier alpha value is -2.56. The lowest BCUT2D eigenvalue weighted by Gasteiger charge is -2.47. The molecule has 1 N–H and O–H groups in total. The molecule has 0 radical (unpaired) electrons. The molecule has 2 atom stereocenters. The number of fused-ring (bicyclic) bond motifs is 1. The van der Waals surface area contributed by atoms with Crippen molar-refractivity contribution in [2.45, 2.75) is 38.4 Å². The maximum atomic E-state index is 13.0. The topological polar surface area (TPSA) is 62.5 Å². The maximum absolute atomic E-state index is 13.0. The first-order chi connectivity index (χ1) is 10.8. The molecule has 5 nitrogen and oxygen atoms in total. The summed E-state index contributed by atoms with van der Waals surface area (Å²) in [5.41, 5.74) is 0.739. The number of hydrogen-bond acceptors (Lipinski definition) is 2. The Morgan fingerprint density at radius 2 is 1.74 bits per heavy atom. The molecule has 2 aromatic rings. The van der Waals surface area contributed by atoms with Crippen LogP contribution >= 0.6 is 0 Å². The number of carboxylic acids is 1. The molecule has 1 aliphatic heterocycles. The summed E-state index contributed by atoms with van der Waals surface area (Å²) >= 11 is 0. The van der Waals surface area contributed by atoms with Gasteiger partial charge in [0.2, 0.25) is 0 Å². The molecule has 120 valence electrons. The number of benzene rings is 1. The van der Waals surface area contributed by atoms with Gasteiger partial charge in [-0.05, 0) is 38.5 Å². The third-order valence-electron chi connectivity index (χ3n) is 4.21. The zero-order valence-electron chi connectivity index (χ0n) is 13.4. The van der Waals surface area contributed by atoms with Crippen molar-refractivity contribution < 1.29 is 14.7 Å². The van der Waals surface area contributed by atoms with Crippen molar-refractivity contribution in [1.82, 2.24) is 9.47 Å². The number of carbonyl (C=O) groups excluding carboxylic acids is 1. The van der Waals surface area contributed by atoms with Gasteiger partial charge >= 0.3 is 5.97 Å². The third-order valence-corrected chi connectivity index (χ3v) is 4.21. The van der Waals surface area contributed by atoms with E-state index in [1.807, 2.05) is 51.1 Å². The van der Waals surface area contributed by atoms with Crippen LogP contribution in [0.2, 0.25) is 0 Å². The zero-order chi connectivity index (χ0) is 16.8. The second kappa shape index (κ2) is 5.26. The van der Waals surface area contributed by atoms with E-state index in [0.29, 0.717) is 5.69 Å². The van der Waals surface area contributed by atoms with E-state index in [-0.39, 0.29) is 5.91 Å². The second-order valence-electron chi connectivity index (χ2n) is 6.79. The number of rotatable bonds is 2. The predicted octanol–water partition coefficient (Wildman–Crippen LogP) is 3.11. The van der Waals surface area contributed by atoms with Crippen molar-refractivity contribution in [3.05, 3.63) is 59.9 Å². The van der Waals surface area contributed by atoms with Crippen molar-refractivity contribution in [3.8, 4) is 0 Å². The van der Waals surface area contributed by atoms with E-state index in [4.69, 9.17) is 0 Å². The van der Waals surface area contributed by atoms with Crippen LogP contribution in [0, 0.1) is 0 Å². The average Bonchev–Trinajstić information content (AvgIpc) is 2.95. The van der Waals surface area contributed by atoms with Crippen LogP contribution in [-0.2, 0) is 4.79 Å². The lowest BCUT2D eigenvalue weighted by Crippen LogP contribution is -2.55. The largest absolute Gasteiger partial charge is 0.480 e. The Morgan fingerprint density at radius 1 is 1.09 bits per heavy atom. The predicted molar refractivity (Wildman–Crippen MR) is 86.2 cm³/mol. The van der Waals surface area contributed by atoms with Crippen molar-refractivity contribution in [2.24, 2.45) is 0 Å². The summed E-state index contributed by atoms with van der Waals surface area (Å²) in [7, 11) is 0. The number of hydrogen-bond donors (Lipinski definition) is 1. The number of aromatic nitrogens is 1. The average molecular weight is 312 g/mol. The molecule has 1 aliphatic rings. The summed E-state index contributed by atoms with van der Waals surface area (Å²) in [5.74, 6) is -1.09. The first-order valence-electron chi connectivity index (χ1n) is 7.60. The molecular weight excluding hydrogens is 292 g/mol.